The molecule has 2 heterocycles. The van der Waals surface area contributed by atoms with Gasteiger partial charge >= 0.3 is 0 Å². The molecule has 8 nitrogen and oxygen atoms in total. The first-order chi connectivity index (χ1) is 15.5. The third-order valence-corrected chi connectivity index (χ3v) is 8.09. The van der Waals surface area contributed by atoms with E-state index in [1.54, 1.807) is 45.0 Å². The molecule has 0 saturated carbocycles. The quantitative estimate of drug-likeness (QED) is 0.441. The Kier molecular flexibility index (Phi) is 5.71. The zero-order valence-electron chi connectivity index (χ0n) is 19.4. The van der Waals surface area contributed by atoms with Gasteiger partial charge in [0.05, 0.1) is 22.6 Å². The molecule has 2 aromatic heterocycles. The molecule has 1 unspecified atom stereocenters. The molecule has 33 heavy (non-hydrogen) atoms. The standard InChI is InChI=1S/C24H26N4O4S/c1-14-11-12-21(15(2)13-14)28-23(25-20-10-8-7-9-19(20)24(28)29)17(4)27(6)33(30,31)22-16(3)26-32-18(22)5/h7-13,17H,1-6H3. The summed E-state index contributed by atoms with van der Waals surface area (Å²) in [5, 5.41) is 4.25. The fourth-order valence-corrected chi connectivity index (χ4v) is 5.69. The summed E-state index contributed by atoms with van der Waals surface area (Å²) in [6.45, 7) is 8.76. The van der Waals surface area contributed by atoms with Crippen LogP contribution in [0, 0.1) is 27.7 Å². The van der Waals surface area contributed by atoms with E-state index in [0.717, 1.165) is 11.1 Å². The topological polar surface area (TPSA) is 98.3 Å². The van der Waals surface area contributed by atoms with Crippen LogP contribution in [0.2, 0.25) is 0 Å². The molecule has 0 N–H and O–H groups in total. The summed E-state index contributed by atoms with van der Waals surface area (Å²) < 4.78 is 34.7. The van der Waals surface area contributed by atoms with Gasteiger partial charge in [0.2, 0.25) is 10.0 Å². The number of para-hydroxylation sites is 1. The van der Waals surface area contributed by atoms with Gasteiger partial charge in [0.25, 0.3) is 5.56 Å². The smallest absolute Gasteiger partial charge is 0.266 e. The van der Waals surface area contributed by atoms with Gasteiger partial charge < -0.3 is 4.52 Å². The molecule has 0 amide bonds. The number of hydrogen-bond donors (Lipinski definition) is 0. The third-order valence-electron chi connectivity index (χ3n) is 5.92. The first-order valence-electron chi connectivity index (χ1n) is 10.5. The van der Waals surface area contributed by atoms with Crippen molar-refractivity contribution in [3.8, 4) is 5.69 Å². The molecule has 0 aliphatic rings. The Morgan fingerprint density at radius 1 is 1.06 bits per heavy atom. The van der Waals surface area contributed by atoms with Crippen LogP contribution in [0.5, 0.6) is 0 Å². The van der Waals surface area contributed by atoms with E-state index in [1.807, 2.05) is 32.0 Å². The van der Waals surface area contributed by atoms with Gasteiger partial charge in [0.15, 0.2) is 5.76 Å². The second-order valence-electron chi connectivity index (χ2n) is 8.27. The molecular formula is C24H26N4O4S. The van der Waals surface area contributed by atoms with E-state index in [0.29, 0.717) is 22.4 Å². The molecule has 0 spiro atoms. The molecule has 0 radical (unpaired) electrons. The van der Waals surface area contributed by atoms with Crippen molar-refractivity contribution in [1.82, 2.24) is 19.0 Å². The molecule has 0 aliphatic heterocycles. The first-order valence-corrected chi connectivity index (χ1v) is 12.0. The molecule has 0 saturated heterocycles. The first kappa shape index (κ1) is 22.9. The van der Waals surface area contributed by atoms with Crippen LogP contribution in [0.1, 0.15) is 41.4 Å². The van der Waals surface area contributed by atoms with E-state index in [4.69, 9.17) is 9.51 Å². The van der Waals surface area contributed by atoms with Crippen LogP contribution in [0.15, 0.2) is 56.7 Å². The summed E-state index contributed by atoms with van der Waals surface area (Å²) in [6.07, 6.45) is 0. The van der Waals surface area contributed by atoms with Gasteiger partial charge in [0.1, 0.15) is 16.4 Å². The van der Waals surface area contributed by atoms with Crippen molar-refractivity contribution >= 4 is 20.9 Å². The number of sulfonamides is 1. The number of fused-ring (bicyclic) bond motifs is 1. The number of rotatable bonds is 5. The number of nitrogens with zero attached hydrogens (tertiary/aromatic N) is 4. The number of aromatic nitrogens is 3. The normalized spacial score (nSPS) is 13.1. The van der Waals surface area contributed by atoms with E-state index in [9.17, 15) is 13.2 Å². The summed E-state index contributed by atoms with van der Waals surface area (Å²) in [5.74, 6) is 0.535. The lowest BCUT2D eigenvalue weighted by Crippen LogP contribution is -2.35. The molecule has 172 valence electrons. The predicted octanol–water partition coefficient (Wildman–Crippen LogP) is 3.99. The second-order valence-corrected chi connectivity index (χ2v) is 10.2. The zero-order valence-corrected chi connectivity index (χ0v) is 20.3. The fourth-order valence-electron chi connectivity index (χ4n) is 4.08. The van der Waals surface area contributed by atoms with Gasteiger partial charge in [-0.3, -0.25) is 9.36 Å². The van der Waals surface area contributed by atoms with Crippen molar-refractivity contribution in [2.24, 2.45) is 0 Å². The Morgan fingerprint density at radius 3 is 2.39 bits per heavy atom. The Bertz CT molecular complexity index is 1520. The fraction of sp³-hybridized carbons (Fsp3) is 0.292. The van der Waals surface area contributed by atoms with Crippen LogP contribution in [-0.2, 0) is 10.0 Å². The highest BCUT2D eigenvalue weighted by Gasteiger charge is 2.34. The van der Waals surface area contributed by atoms with Gasteiger partial charge in [0, 0.05) is 7.05 Å². The maximum Gasteiger partial charge on any atom is 0.266 e. The highest BCUT2D eigenvalue weighted by Crippen LogP contribution is 2.30. The minimum Gasteiger partial charge on any atom is -0.360 e. The molecule has 0 fully saturated rings. The maximum absolute atomic E-state index is 13.6. The monoisotopic (exact) mass is 466 g/mol. The SMILES string of the molecule is Cc1ccc(-n2c(C(C)N(C)S(=O)(=O)c3c(C)noc3C)nc3ccccc3c2=O)c(C)c1. The van der Waals surface area contributed by atoms with Crippen LogP contribution in [0.25, 0.3) is 16.6 Å². The van der Waals surface area contributed by atoms with Gasteiger partial charge in [-0.15, -0.1) is 0 Å². The van der Waals surface area contributed by atoms with Gasteiger partial charge in [-0.2, -0.15) is 4.31 Å². The van der Waals surface area contributed by atoms with Crippen molar-refractivity contribution in [1.29, 1.82) is 0 Å². The summed E-state index contributed by atoms with van der Waals surface area (Å²) >= 11 is 0. The summed E-state index contributed by atoms with van der Waals surface area (Å²) in [6, 6.07) is 12.1. The minimum atomic E-state index is -3.96. The minimum absolute atomic E-state index is 0.0260. The number of hydrogen-bond acceptors (Lipinski definition) is 6. The van der Waals surface area contributed by atoms with Crippen LogP contribution < -0.4 is 5.56 Å². The van der Waals surface area contributed by atoms with Crippen molar-refractivity contribution < 1.29 is 12.9 Å². The van der Waals surface area contributed by atoms with Crippen molar-refractivity contribution in [3.63, 3.8) is 0 Å². The van der Waals surface area contributed by atoms with E-state index in [1.165, 1.54) is 15.9 Å². The number of aryl methyl sites for hydroxylation is 4. The van der Waals surface area contributed by atoms with Crippen LogP contribution in [-0.4, -0.2) is 34.5 Å². The molecule has 1 atom stereocenters. The lowest BCUT2D eigenvalue weighted by atomic mass is 10.1. The van der Waals surface area contributed by atoms with Crippen LogP contribution >= 0.6 is 0 Å². The van der Waals surface area contributed by atoms with Crippen molar-refractivity contribution in [2.45, 2.75) is 45.6 Å². The Balaban J connectivity index is 1.97. The van der Waals surface area contributed by atoms with Gasteiger partial charge in [-0.25, -0.2) is 13.4 Å². The molecular weight excluding hydrogens is 440 g/mol. The predicted molar refractivity (Wildman–Crippen MR) is 126 cm³/mol. The Labute approximate surface area is 192 Å². The van der Waals surface area contributed by atoms with E-state index in [-0.39, 0.29) is 21.9 Å². The largest absolute Gasteiger partial charge is 0.360 e. The van der Waals surface area contributed by atoms with Gasteiger partial charge in [-0.05, 0) is 58.4 Å². The molecule has 4 rings (SSSR count). The van der Waals surface area contributed by atoms with Crippen molar-refractivity contribution in [3.05, 3.63) is 81.2 Å². The molecule has 4 aromatic rings. The van der Waals surface area contributed by atoms with E-state index >= 15 is 0 Å². The highest BCUT2D eigenvalue weighted by atomic mass is 32.2. The van der Waals surface area contributed by atoms with Crippen molar-refractivity contribution in [2.75, 3.05) is 7.05 Å². The van der Waals surface area contributed by atoms with E-state index < -0.39 is 16.1 Å². The highest BCUT2D eigenvalue weighted by molar-refractivity contribution is 7.89. The third kappa shape index (κ3) is 3.77. The number of benzene rings is 2. The van der Waals surface area contributed by atoms with Crippen LogP contribution in [0.3, 0.4) is 0 Å². The molecule has 0 aliphatic carbocycles. The maximum atomic E-state index is 13.6. The average Bonchev–Trinajstić information content (AvgIpc) is 3.12. The Hall–Kier alpha value is -3.30. The van der Waals surface area contributed by atoms with Gasteiger partial charge in [-0.1, -0.05) is 35.0 Å². The molecule has 2 aromatic carbocycles. The average molecular weight is 467 g/mol. The molecule has 9 heteroatoms. The lowest BCUT2D eigenvalue weighted by molar-refractivity contribution is 0.374. The Morgan fingerprint density at radius 2 is 1.76 bits per heavy atom. The summed E-state index contributed by atoms with van der Waals surface area (Å²) in [4.78, 5) is 18.4. The summed E-state index contributed by atoms with van der Waals surface area (Å²) in [5.41, 5.74) is 3.15. The summed E-state index contributed by atoms with van der Waals surface area (Å²) in [7, 11) is -2.49. The second kappa shape index (κ2) is 8.24. The van der Waals surface area contributed by atoms with Crippen LogP contribution in [0.4, 0.5) is 0 Å². The zero-order chi connectivity index (χ0) is 24.1. The lowest BCUT2D eigenvalue weighted by Gasteiger charge is -2.26. The molecule has 0 bridgehead atoms. The van der Waals surface area contributed by atoms with E-state index in [2.05, 4.69) is 5.16 Å².